The van der Waals surface area contributed by atoms with Gasteiger partial charge in [-0.15, -0.1) is 0 Å². The lowest BCUT2D eigenvalue weighted by Gasteiger charge is -2.07. The second-order valence-electron chi connectivity index (χ2n) is 6.89. The average molecular weight is 307 g/mol. The summed E-state index contributed by atoms with van der Waals surface area (Å²) >= 11 is 0. The van der Waals surface area contributed by atoms with Crippen LogP contribution in [-0.4, -0.2) is 0 Å². The molecule has 0 radical (unpaired) electrons. The molecule has 0 rings (SSSR count). The zero-order valence-electron chi connectivity index (χ0n) is 15.8. The van der Waals surface area contributed by atoms with Gasteiger partial charge >= 0.3 is 0 Å². The van der Waals surface area contributed by atoms with Crippen LogP contribution in [0.2, 0.25) is 0 Å². The molecule has 0 saturated carbocycles. The Kier molecular flexibility index (Phi) is 18.1. The first-order valence-electron chi connectivity index (χ1n) is 10.1. The summed E-state index contributed by atoms with van der Waals surface area (Å²) in [6.07, 6.45) is 28.4. The van der Waals surface area contributed by atoms with Crippen LogP contribution in [0.5, 0.6) is 0 Å². The second-order valence-corrected chi connectivity index (χ2v) is 6.89. The summed E-state index contributed by atoms with van der Waals surface area (Å²) in [5, 5.41) is 0. The fourth-order valence-electron chi connectivity index (χ4n) is 2.69. The summed E-state index contributed by atoms with van der Waals surface area (Å²) in [5.41, 5.74) is 0. The zero-order chi connectivity index (χ0) is 16.3. The molecule has 130 valence electrons. The summed E-state index contributed by atoms with van der Waals surface area (Å²) in [6.45, 7) is 6.95. The number of allylic oxidation sites excluding steroid dienone is 4. The van der Waals surface area contributed by atoms with Crippen molar-refractivity contribution < 1.29 is 0 Å². The molecule has 1 unspecified atom stereocenters. The van der Waals surface area contributed by atoms with E-state index in [-0.39, 0.29) is 0 Å². The Morgan fingerprint density at radius 3 is 1.77 bits per heavy atom. The van der Waals surface area contributed by atoms with Gasteiger partial charge in [0.15, 0.2) is 0 Å². The minimum absolute atomic E-state index is 0.936. The molecule has 0 fully saturated rings. The van der Waals surface area contributed by atoms with Crippen molar-refractivity contribution in [2.24, 2.45) is 5.92 Å². The summed E-state index contributed by atoms with van der Waals surface area (Å²) in [7, 11) is 0. The van der Waals surface area contributed by atoms with Crippen molar-refractivity contribution in [1.29, 1.82) is 0 Å². The number of unbranched alkanes of at least 4 members (excludes halogenated alkanes) is 9. The van der Waals surface area contributed by atoms with Crippen LogP contribution in [0.25, 0.3) is 0 Å². The molecule has 0 aromatic rings. The molecule has 0 aromatic carbocycles. The molecule has 0 heterocycles. The SMILES string of the molecule is CCCCCC=CCC=CCCCCCCCCC(C)CC. The van der Waals surface area contributed by atoms with Crippen molar-refractivity contribution in [3.8, 4) is 0 Å². The first-order valence-corrected chi connectivity index (χ1v) is 10.1. The van der Waals surface area contributed by atoms with E-state index in [1.165, 1.54) is 83.5 Å². The maximum absolute atomic E-state index is 2.38. The van der Waals surface area contributed by atoms with E-state index in [4.69, 9.17) is 0 Å². The quantitative estimate of drug-likeness (QED) is 0.199. The van der Waals surface area contributed by atoms with E-state index in [0.717, 1.165) is 12.3 Å². The van der Waals surface area contributed by atoms with Gasteiger partial charge in [-0.05, 0) is 38.0 Å². The number of rotatable bonds is 16. The molecule has 0 spiro atoms. The lowest BCUT2D eigenvalue weighted by Crippen LogP contribution is -1.91. The predicted octanol–water partition coefficient (Wildman–Crippen LogP) is 8.24. The molecule has 0 aliphatic carbocycles. The Hall–Kier alpha value is -0.520. The van der Waals surface area contributed by atoms with Crippen molar-refractivity contribution in [2.75, 3.05) is 0 Å². The number of hydrogen-bond donors (Lipinski definition) is 0. The second kappa shape index (κ2) is 18.5. The molecule has 1 atom stereocenters. The van der Waals surface area contributed by atoms with E-state index < -0.39 is 0 Å². The smallest absolute Gasteiger partial charge is 0.0169 e. The largest absolute Gasteiger partial charge is 0.0882 e. The highest BCUT2D eigenvalue weighted by Gasteiger charge is 1.97. The Morgan fingerprint density at radius 1 is 0.636 bits per heavy atom. The standard InChI is InChI=1S/C22H42/c1-4-6-7-8-9-10-11-12-13-14-15-16-17-18-19-20-21-22(3)5-2/h9-10,12-13,22H,4-8,11,14-21H2,1-3H3. The molecule has 0 heteroatoms. The molecule has 22 heavy (non-hydrogen) atoms. The molecule has 0 aromatic heterocycles. The summed E-state index contributed by atoms with van der Waals surface area (Å²) in [6, 6.07) is 0. The van der Waals surface area contributed by atoms with Crippen LogP contribution >= 0.6 is 0 Å². The highest BCUT2D eigenvalue weighted by atomic mass is 14.0. The van der Waals surface area contributed by atoms with E-state index in [2.05, 4.69) is 45.1 Å². The first kappa shape index (κ1) is 21.5. The fourth-order valence-corrected chi connectivity index (χ4v) is 2.69. The monoisotopic (exact) mass is 306 g/mol. The molecular weight excluding hydrogens is 264 g/mol. The maximum atomic E-state index is 2.38. The zero-order valence-corrected chi connectivity index (χ0v) is 15.8. The van der Waals surface area contributed by atoms with Gasteiger partial charge in [-0.3, -0.25) is 0 Å². The van der Waals surface area contributed by atoms with Crippen molar-refractivity contribution in [3.63, 3.8) is 0 Å². The lowest BCUT2D eigenvalue weighted by molar-refractivity contribution is 0.471. The van der Waals surface area contributed by atoms with Gasteiger partial charge in [0, 0.05) is 0 Å². The van der Waals surface area contributed by atoms with Crippen LogP contribution in [0.4, 0.5) is 0 Å². The van der Waals surface area contributed by atoms with Gasteiger partial charge in [-0.1, -0.05) is 103 Å². The Labute approximate surface area is 141 Å². The Bertz CT molecular complexity index is 249. The van der Waals surface area contributed by atoms with Gasteiger partial charge < -0.3 is 0 Å². The Morgan fingerprint density at radius 2 is 1.18 bits per heavy atom. The topological polar surface area (TPSA) is 0 Å². The maximum Gasteiger partial charge on any atom is -0.0169 e. The van der Waals surface area contributed by atoms with Crippen LogP contribution < -0.4 is 0 Å². The van der Waals surface area contributed by atoms with Gasteiger partial charge in [0.2, 0.25) is 0 Å². The van der Waals surface area contributed by atoms with E-state index in [1.807, 2.05) is 0 Å². The van der Waals surface area contributed by atoms with E-state index >= 15 is 0 Å². The highest BCUT2D eigenvalue weighted by molar-refractivity contribution is 4.92. The molecular formula is C22H42. The van der Waals surface area contributed by atoms with Crippen molar-refractivity contribution in [1.82, 2.24) is 0 Å². The molecule has 0 aliphatic heterocycles. The normalized spacial score (nSPS) is 13.4. The summed E-state index contributed by atoms with van der Waals surface area (Å²) in [5.74, 6) is 0.936. The van der Waals surface area contributed by atoms with Crippen LogP contribution in [0.3, 0.4) is 0 Å². The molecule has 0 nitrogen and oxygen atoms in total. The molecule has 0 bridgehead atoms. The van der Waals surface area contributed by atoms with Crippen LogP contribution in [0.1, 0.15) is 111 Å². The summed E-state index contributed by atoms with van der Waals surface area (Å²) < 4.78 is 0. The highest BCUT2D eigenvalue weighted by Crippen LogP contribution is 2.14. The lowest BCUT2D eigenvalue weighted by atomic mass is 10.00. The third-order valence-electron chi connectivity index (χ3n) is 4.59. The fraction of sp³-hybridized carbons (Fsp3) is 0.818. The molecule has 0 aliphatic rings. The van der Waals surface area contributed by atoms with Crippen molar-refractivity contribution in [3.05, 3.63) is 24.3 Å². The first-order chi connectivity index (χ1) is 10.8. The van der Waals surface area contributed by atoms with Crippen molar-refractivity contribution >= 4 is 0 Å². The molecule has 0 amide bonds. The molecule has 0 N–H and O–H groups in total. The predicted molar refractivity (Wildman–Crippen MR) is 103 cm³/mol. The average Bonchev–Trinajstić information content (AvgIpc) is 2.54. The van der Waals surface area contributed by atoms with Gasteiger partial charge in [-0.2, -0.15) is 0 Å². The van der Waals surface area contributed by atoms with E-state index in [0.29, 0.717) is 0 Å². The molecule has 0 saturated heterocycles. The number of hydrogen-bond acceptors (Lipinski definition) is 0. The van der Waals surface area contributed by atoms with E-state index in [9.17, 15) is 0 Å². The van der Waals surface area contributed by atoms with Gasteiger partial charge in [0.05, 0.1) is 0 Å². The summed E-state index contributed by atoms with van der Waals surface area (Å²) in [4.78, 5) is 0. The van der Waals surface area contributed by atoms with Crippen LogP contribution in [0, 0.1) is 5.92 Å². The van der Waals surface area contributed by atoms with Gasteiger partial charge in [-0.25, -0.2) is 0 Å². The van der Waals surface area contributed by atoms with Crippen LogP contribution in [-0.2, 0) is 0 Å². The third kappa shape index (κ3) is 17.5. The van der Waals surface area contributed by atoms with E-state index in [1.54, 1.807) is 0 Å². The van der Waals surface area contributed by atoms with Gasteiger partial charge in [0.25, 0.3) is 0 Å². The minimum atomic E-state index is 0.936. The van der Waals surface area contributed by atoms with Crippen molar-refractivity contribution in [2.45, 2.75) is 111 Å². The Balaban J connectivity index is 3.17. The van der Waals surface area contributed by atoms with Gasteiger partial charge in [0.1, 0.15) is 0 Å². The van der Waals surface area contributed by atoms with Crippen LogP contribution in [0.15, 0.2) is 24.3 Å². The third-order valence-corrected chi connectivity index (χ3v) is 4.59. The minimum Gasteiger partial charge on any atom is -0.0882 e.